The minimum absolute atomic E-state index is 0.0847. The molecule has 0 aliphatic carbocycles. The summed E-state index contributed by atoms with van der Waals surface area (Å²) in [6.45, 7) is 3.20. The van der Waals surface area contributed by atoms with Gasteiger partial charge in [-0.15, -0.1) is 0 Å². The molecule has 2 aromatic carbocycles. The number of morpholine rings is 1. The van der Waals surface area contributed by atoms with E-state index in [0.29, 0.717) is 37.7 Å². The molecule has 10 heteroatoms. The average Bonchev–Trinajstić information content (AvgIpc) is 2.76. The lowest BCUT2D eigenvalue weighted by atomic mass is 9.93. The number of carbonyl (C=O) groups excluding carboxylic acids is 1. The Bertz CT molecular complexity index is 1120. The second kappa shape index (κ2) is 9.09. The zero-order valence-corrected chi connectivity index (χ0v) is 18.6. The fourth-order valence-corrected chi connectivity index (χ4v) is 4.40. The Balaban J connectivity index is 1.85. The van der Waals surface area contributed by atoms with Crippen LogP contribution in [0, 0.1) is 17.5 Å². The number of anilines is 1. The molecule has 0 bridgehead atoms. The summed E-state index contributed by atoms with van der Waals surface area (Å²) in [7, 11) is 0. The van der Waals surface area contributed by atoms with E-state index in [9.17, 15) is 18.0 Å². The van der Waals surface area contributed by atoms with Crippen LogP contribution in [-0.2, 0) is 9.53 Å². The summed E-state index contributed by atoms with van der Waals surface area (Å²) in [5, 5.41) is 3.06. The predicted octanol–water partition coefficient (Wildman–Crippen LogP) is 4.33. The van der Waals surface area contributed by atoms with Crippen LogP contribution >= 0.6 is 23.8 Å². The summed E-state index contributed by atoms with van der Waals surface area (Å²) < 4.78 is 47.3. The van der Waals surface area contributed by atoms with Crippen molar-refractivity contribution in [3.8, 4) is 0 Å². The van der Waals surface area contributed by atoms with E-state index in [0.717, 1.165) is 12.1 Å². The van der Waals surface area contributed by atoms with Gasteiger partial charge in [0.15, 0.2) is 5.11 Å². The minimum atomic E-state index is -0.939. The SMILES string of the molecule is CC1=C(C(=O)N2CCOCC2)C(c2ccc(F)cc2F)NC(=S)N1c1ccc(F)c(Cl)c1. The molecule has 5 nitrogen and oxygen atoms in total. The third-order valence-electron chi connectivity index (χ3n) is 5.45. The Morgan fingerprint density at radius 1 is 1.12 bits per heavy atom. The van der Waals surface area contributed by atoms with Crippen molar-refractivity contribution < 1.29 is 22.7 Å². The van der Waals surface area contributed by atoms with Crippen molar-refractivity contribution in [2.75, 3.05) is 31.2 Å². The lowest BCUT2D eigenvalue weighted by Crippen LogP contribution is -2.51. The van der Waals surface area contributed by atoms with Crippen molar-refractivity contribution >= 4 is 40.5 Å². The second-order valence-electron chi connectivity index (χ2n) is 7.39. The largest absolute Gasteiger partial charge is 0.378 e. The molecule has 1 unspecified atom stereocenters. The monoisotopic (exact) mass is 481 g/mol. The number of ether oxygens (including phenoxy) is 1. The number of thiocarbonyl (C=S) groups is 1. The molecule has 1 atom stereocenters. The third-order valence-corrected chi connectivity index (χ3v) is 6.04. The average molecular weight is 482 g/mol. The van der Waals surface area contributed by atoms with Gasteiger partial charge in [-0.2, -0.15) is 0 Å². The Morgan fingerprint density at radius 2 is 1.84 bits per heavy atom. The van der Waals surface area contributed by atoms with Crippen LogP contribution in [0.2, 0.25) is 5.02 Å². The van der Waals surface area contributed by atoms with E-state index in [-0.39, 0.29) is 27.2 Å². The van der Waals surface area contributed by atoms with Crippen molar-refractivity contribution in [1.82, 2.24) is 10.2 Å². The highest BCUT2D eigenvalue weighted by molar-refractivity contribution is 7.80. The molecule has 0 spiro atoms. The number of nitrogens with one attached hydrogen (secondary N) is 1. The zero-order chi connectivity index (χ0) is 23.0. The number of rotatable bonds is 3. The summed E-state index contributed by atoms with van der Waals surface area (Å²) in [4.78, 5) is 16.7. The van der Waals surface area contributed by atoms with Crippen molar-refractivity contribution in [3.63, 3.8) is 0 Å². The van der Waals surface area contributed by atoms with Gasteiger partial charge < -0.3 is 15.0 Å². The smallest absolute Gasteiger partial charge is 0.254 e. The molecule has 1 saturated heterocycles. The number of halogens is 4. The molecule has 4 rings (SSSR count). The molecule has 1 fully saturated rings. The van der Waals surface area contributed by atoms with Crippen LogP contribution in [0.5, 0.6) is 0 Å². The van der Waals surface area contributed by atoms with Gasteiger partial charge in [-0.3, -0.25) is 9.69 Å². The lowest BCUT2D eigenvalue weighted by molar-refractivity contribution is -0.131. The van der Waals surface area contributed by atoms with Crippen molar-refractivity contribution in [1.29, 1.82) is 0 Å². The van der Waals surface area contributed by atoms with Gasteiger partial charge in [-0.1, -0.05) is 17.7 Å². The van der Waals surface area contributed by atoms with Crippen molar-refractivity contribution in [2.24, 2.45) is 0 Å². The van der Waals surface area contributed by atoms with Crippen LogP contribution in [0.25, 0.3) is 0 Å². The number of hydrogen-bond acceptors (Lipinski definition) is 3. The van der Waals surface area contributed by atoms with Gasteiger partial charge in [0, 0.05) is 36.1 Å². The number of hydrogen-bond donors (Lipinski definition) is 1. The Kier molecular flexibility index (Phi) is 6.41. The molecular weight excluding hydrogens is 463 g/mol. The number of benzene rings is 2. The van der Waals surface area contributed by atoms with E-state index in [2.05, 4.69) is 5.32 Å². The molecule has 1 amide bonds. The van der Waals surface area contributed by atoms with Gasteiger partial charge in [-0.05, 0) is 43.4 Å². The van der Waals surface area contributed by atoms with Crippen LogP contribution in [0.3, 0.4) is 0 Å². The quantitative estimate of drug-likeness (QED) is 0.661. The molecule has 0 saturated carbocycles. The highest BCUT2D eigenvalue weighted by Crippen LogP contribution is 2.36. The summed E-state index contributed by atoms with van der Waals surface area (Å²) in [5.74, 6) is -2.45. The molecule has 2 aliphatic heterocycles. The molecule has 2 aliphatic rings. The number of amides is 1. The first-order valence-electron chi connectivity index (χ1n) is 9.86. The van der Waals surface area contributed by atoms with Gasteiger partial charge in [0.05, 0.1) is 29.9 Å². The molecule has 0 radical (unpaired) electrons. The van der Waals surface area contributed by atoms with Gasteiger partial charge in [-0.25, -0.2) is 13.2 Å². The Hall–Kier alpha value is -2.62. The molecule has 32 heavy (non-hydrogen) atoms. The maximum Gasteiger partial charge on any atom is 0.254 e. The second-order valence-corrected chi connectivity index (χ2v) is 8.18. The van der Waals surface area contributed by atoms with Crippen LogP contribution in [0.15, 0.2) is 47.7 Å². The van der Waals surface area contributed by atoms with Crippen LogP contribution < -0.4 is 10.2 Å². The van der Waals surface area contributed by atoms with E-state index in [1.54, 1.807) is 16.7 Å². The fourth-order valence-electron chi connectivity index (χ4n) is 3.86. The maximum atomic E-state index is 14.7. The molecule has 1 N–H and O–H groups in total. The Morgan fingerprint density at radius 3 is 2.50 bits per heavy atom. The molecule has 168 valence electrons. The van der Waals surface area contributed by atoms with E-state index in [1.165, 1.54) is 24.3 Å². The molecular formula is C22H19ClF3N3O2S. The van der Waals surface area contributed by atoms with E-state index < -0.39 is 23.5 Å². The zero-order valence-electron chi connectivity index (χ0n) is 17.0. The fraction of sp³-hybridized carbons (Fsp3) is 0.273. The van der Waals surface area contributed by atoms with Gasteiger partial charge in [0.25, 0.3) is 5.91 Å². The summed E-state index contributed by atoms with van der Waals surface area (Å²) in [6, 6.07) is 6.31. The topological polar surface area (TPSA) is 44.8 Å². The molecule has 2 aromatic rings. The first kappa shape index (κ1) is 22.6. The highest BCUT2D eigenvalue weighted by Gasteiger charge is 2.38. The highest BCUT2D eigenvalue weighted by atomic mass is 35.5. The first-order valence-corrected chi connectivity index (χ1v) is 10.6. The van der Waals surface area contributed by atoms with E-state index in [4.69, 9.17) is 28.6 Å². The number of allylic oxidation sites excluding steroid dienone is 1. The van der Waals surface area contributed by atoms with Gasteiger partial charge in [0.2, 0.25) is 0 Å². The van der Waals surface area contributed by atoms with E-state index in [1.807, 2.05) is 0 Å². The number of nitrogens with zero attached hydrogens (tertiary/aromatic N) is 2. The minimum Gasteiger partial charge on any atom is -0.378 e. The first-order chi connectivity index (χ1) is 15.3. The normalized spacial score (nSPS) is 19.3. The predicted molar refractivity (Wildman–Crippen MR) is 119 cm³/mol. The summed E-state index contributed by atoms with van der Waals surface area (Å²) in [5.41, 5.74) is 1.20. The van der Waals surface area contributed by atoms with Crippen molar-refractivity contribution in [2.45, 2.75) is 13.0 Å². The van der Waals surface area contributed by atoms with Crippen LogP contribution in [0.1, 0.15) is 18.5 Å². The molecule has 2 heterocycles. The van der Waals surface area contributed by atoms with Crippen LogP contribution in [0.4, 0.5) is 18.9 Å². The molecule has 0 aromatic heterocycles. The third kappa shape index (κ3) is 4.20. The summed E-state index contributed by atoms with van der Waals surface area (Å²) >= 11 is 11.5. The Labute approximate surface area is 193 Å². The lowest BCUT2D eigenvalue weighted by Gasteiger charge is -2.40. The number of carbonyl (C=O) groups is 1. The van der Waals surface area contributed by atoms with Gasteiger partial charge in [0.1, 0.15) is 17.5 Å². The van der Waals surface area contributed by atoms with Gasteiger partial charge >= 0.3 is 0 Å². The summed E-state index contributed by atoms with van der Waals surface area (Å²) in [6.07, 6.45) is 0. The van der Waals surface area contributed by atoms with E-state index >= 15 is 0 Å². The maximum absolute atomic E-state index is 14.7. The standard InChI is InChI=1S/C22H19ClF3N3O2S/c1-12-19(21(30)28-6-8-31-9-7-28)20(15-4-2-13(24)10-18(15)26)27-22(32)29(12)14-3-5-17(25)16(23)11-14/h2-5,10-11,20H,6-9H2,1H3,(H,27,32). The van der Waals surface area contributed by atoms with Crippen molar-refractivity contribution in [3.05, 3.63) is 75.7 Å². The van der Waals surface area contributed by atoms with Crippen LogP contribution in [-0.4, -0.2) is 42.2 Å².